The molecule has 0 aliphatic heterocycles. The van der Waals surface area contributed by atoms with Crippen LogP contribution < -0.4 is 5.32 Å². The van der Waals surface area contributed by atoms with Gasteiger partial charge in [-0.2, -0.15) is 0 Å². The average Bonchev–Trinajstić information content (AvgIpc) is 2.99. The zero-order valence-electron chi connectivity index (χ0n) is 13.6. The lowest BCUT2D eigenvalue weighted by Crippen LogP contribution is -2.42. The van der Waals surface area contributed by atoms with E-state index in [0.29, 0.717) is 0 Å². The maximum Gasteiger partial charge on any atom is 0.193 e. The smallest absolute Gasteiger partial charge is 0.193 e. The molecule has 21 heavy (non-hydrogen) atoms. The molecule has 118 valence electrons. The molecule has 1 aliphatic carbocycles. The quantitative estimate of drug-likeness (QED) is 0.668. The molecule has 1 aliphatic rings. The number of nitrogens with one attached hydrogen (secondary N) is 1. The molecule has 0 atom stereocenters. The van der Waals surface area contributed by atoms with E-state index in [4.69, 9.17) is 0 Å². The third-order valence-electron chi connectivity index (χ3n) is 4.45. The van der Waals surface area contributed by atoms with Crippen molar-refractivity contribution in [3.63, 3.8) is 0 Å². The van der Waals surface area contributed by atoms with E-state index in [1.165, 1.54) is 25.7 Å². The molecule has 1 saturated carbocycles. The van der Waals surface area contributed by atoms with Crippen molar-refractivity contribution < 1.29 is 0 Å². The zero-order chi connectivity index (χ0) is 15.1. The van der Waals surface area contributed by atoms with Gasteiger partial charge in [0.1, 0.15) is 0 Å². The molecule has 1 aromatic rings. The number of imidazole rings is 1. The van der Waals surface area contributed by atoms with Gasteiger partial charge >= 0.3 is 0 Å². The molecule has 5 heteroatoms. The molecule has 1 aromatic heterocycles. The second kappa shape index (κ2) is 8.05. The van der Waals surface area contributed by atoms with Crippen molar-refractivity contribution in [3.8, 4) is 0 Å². The molecule has 0 saturated heterocycles. The van der Waals surface area contributed by atoms with Gasteiger partial charge in [-0.3, -0.25) is 4.99 Å². The van der Waals surface area contributed by atoms with Gasteiger partial charge < -0.3 is 14.8 Å². The van der Waals surface area contributed by atoms with Crippen molar-refractivity contribution in [3.05, 3.63) is 18.7 Å². The Morgan fingerprint density at radius 1 is 1.38 bits per heavy atom. The standard InChI is InChI=1S/C16H29N5/c1-14-4-6-15(7-5-14)12-20(3)16(17-2)19-9-11-21-10-8-18-13-21/h8,10,13-15H,4-7,9,11-12H2,1-3H3,(H,17,19). The van der Waals surface area contributed by atoms with Crippen LogP contribution in [0.25, 0.3) is 0 Å². The van der Waals surface area contributed by atoms with Crippen molar-refractivity contribution in [2.24, 2.45) is 16.8 Å². The fraction of sp³-hybridized carbons (Fsp3) is 0.750. The molecule has 2 rings (SSSR count). The number of aliphatic imine (C=N–C) groups is 1. The van der Waals surface area contributed by atoms with Crippen LogP contribution in [-0.4, -0.2) is 47.6 Å². The van der Waals surface area contributed by atoms with Gasteiger partial charge in [0.05, 0.1) is 6.33 Å². The van der Waals surface area contributed by atoms with Crippen molar-refractivity contribution >= 4 is 5.96 Å². The number of hydrogen-bond acceptors (Lipinski definition) is 2. The van der Waals surface area contributed by atoms with Crippen LogP contribution in [0.3, 0.4) is 0 Å². The Morgan fingerprint density at radius 3 is 2.76 bits per heavy atom. The van der Waals surface area contributed by atoms with Crippen LogP contribution in [0.4, 0.5) is 0 Å². The molecular weight excluding hydrogens is 262 g/mol. The summed E-state index contributed by atoms with van der Waals surface area (Å²) in [6.07, 6.45) is 11.1. The minimum atomic E-state index is 0.818. The SMILES string of the molecule is CN=C(NCCn1ccnc1)N(C)CC1CCC(C)CC1. The van der Waals surface area contributed by atoms with Crippen LogP contribution in [0, 0.1) is 11.8 Å². The number of guanidine groups is 1. The highest BCUT2D eigenvalue weighted by molar-refractivity contribution is 5.79. The lowest BCUT2D eigenvalue weighted by Gasteiger charge is -2.31. The highest BCUT2D eigenvalue weighted by Crippen LogP contribution is 2.28. The summed E-state index contributed by atoms with van der Waals surface area (Å²) in [6, 6.07) is 0. The summed E-state index contributed by atoms with van der Waals surface area (Å²) in [4.78, 5) is 10.7. The number of hydrogen-bond donors (Lipinski definition) is 1. The van der Waals surface area contributed by atoms with E-state index in [9.17, 15) is 0 Å². The molecule has 5 nitrogen and oxygen atoms in total. The third kappa shape index (κ3) is 5.06. The Hall–Kier alpha value is -1.52. The highest BCUT2D eigenvalue weighted by atomic mass is 15.3. The first-order valence-electron chi connectivity index (χ1n) is 8.06. The predicted octanol–water partition coefficient (Wildman–Crippen LogP) is 2.22. The number of aromatic nitrogens is 2. The summed E-state index contributed by atoms with van der Waals surface area (Å²) in [5.74, 6) is 2.73. The first-order valence-corrected chi connectivity index (χ1v) is 8.06. The van der Waals surface area contributed by atoms with Gasteiger partial charge in [0.2, 0.25) is 0 Å². The number of rotatable bonds is 5. The van der Waals surface area contributed by atoms with E-state index in [-0.39, 0.29) is 0 Å². The summed E-state index contributed by atoms with van der Waals surface area (Å²) in [5.41, 5.74) is 0. The van der Waals surface area contributed by atoms with Gasteiger partial charge in [0, 0.05) is 46.1 Å². The second-order valence-electron chi connectivity index (χ2n) is 6.28. The lowest BCUT2D eigenvalue weighted by atomic mass is 9.83. The Kier molecular flexibility index (Phi) is 6.08. The van der Waals surface area contributed by atoms with E-state index in [1.54, 1.807) is 0 Å². The normalized spacial score (nSPS) is 23.1. The van der Waals surface area contributed by atoms with E-state index in [2.05, 4.69) is 38.7 Å². The molecule has 1 fully saturated rings. The first kappa shape index (κ1) is 15.9. The van der Waals surface area contributed by atoms with Crippen molar-refractivity contribution in [2.45, 2.75) is 39.2 Å². The summed E-state index contributed by atoms with van der Waals surface area (Å²) in [5, 5.41) is 3.43. The van der Waals surface area contributed by atoms with Crippen LogP contribution in [0.1, 0.15) is 32.6 Å². The van der Waals surface area contributed by atoms with E-state index in [1.807, 2.05) is 25.8 Å². The predicted molar refractivity (Wildman–Crippen MR) is 87.3 cm³/mol. The molecule has 0 aromatic carbocycles. The van der Waals surface area contributed by atoms with Gasteiger partial charge in [-0.15, -0.1) is 0 Å². The zero-order valence-corrected chi connectivity index (χ0v) is 13.6. The Labute approximate surface area is 128 Å². The summed E-state index contributed by atoms with van der Waals surface area (Å²) >= 11 is 0. The molecule has 0 bridgehead atoms. The maximum absolute atomic E-state index is 4.39. The fourth-order valence-corrected chi connectivity index (χ4v) is 3.09. The van der Waals surface area contributed by atoms with Gasteiger partial charge in [-0.05, 0) is 24.7 Å². The maximum atomic E-state index is 4.39. The van der Waals surface area contributed by atoms with Gasteiger partial charge in [-0.1, -0.05) is 19.8 Å². The fourth-order valence-electron chi connectivity index (χ4n) is 3.09. The summed E-state index contributed by atoms with van der Waals surface area (Å²) < 4.78 is 2.07. The van der Waals surface area contributed by atoms with E-state index in [0.717, 1.165) is 37.4 Å². The largest absolute Gasteiger partial charge is 0.354 e. The second-order valence-corrected chi connectivity index (χ2v) is 6.28. The van der Waals surface area contributed by atoms with Crippen molar-refractivity contribution in [1.82, 2.24) is 19.8 Å². The van der Waals surface area contributed by atoms with Gasteiger partial charge in [-0.25, -0.2) is 4.98 Å². The van der Waals surface area contributed by atoms with Crippen LogP contribution in [-0.2, 0) is 6.54 Å². The molecule has 0 radical (unpaired) electrons. The Balaban J connectivity index is 1.72. The Bertz CT molecular complexity index is 418. The third-order valence-corrected chi connectivity index (χ3v) is 4.45. The average molecular weight is 291 g/mol. The van der Waals surface area contributed by atoms with Crippen LogP contribution >= 0.6 is 0 Å². The first-order chi connectivity index (χ1) is 10.2. The molecule has 1 N–H and O–H groups in total. The molecule has 0 amide bonds. The lowest BCUT2D eigenvalue weighted by molar-refractivity contribution is 0.250. The van der Waals surface area contributed by atoms with Gasteiger partial charge in [0.25, 0.3) is 0 Å². The monoisotopic (exact) mass is 291 g/mol. The summed E-state index contributed by atoms with van der Waals surface area (Å²) in [6.45, 7) is 5.26. The van der Waals surface area contributed by atoms with Crippen molar-refractivity contribution in [2.75, 3.05) is 27.2 Å². The molecule has 0 unspecified atom stereocenters. The molecule has 1 heterocycles. The van der Waals surface area contributed by atoms with Crippen molar-refractivity contribution in [1.29, 1.82) is 0 Å². The van der Waals surface area contributed by atoms with Gasteiger partial charge in [0.15, 0.2) is 5.96 Å². The summed E-state index contributed by atoms with van der Waals surface area (Å²) in [7, 11) is 4.00. The van der Waals surface area contributed by atoms with E-state index < -0.39 is 0 Å². The van der Waals surface area contributed by atoms with Crippen LogP contribution in [0.5, 0.6) is 0 Å². The van der Waals surface area contributed by atoms with Crippen LogP contribution in [0.15, 0.2) is 23.7 Å². The molecule has 0 spiro atoms. The topological polar surface area (TPSA) is 45.5 Å². The number of nitrogens with zero attached hydrogens (tertiary/aromatic N) is 4. The Morgan fingerprint density at radius 2 is 2.14 bits per heavy atom. The van der Waals surface area contributed by atoms with E-state index >= 15 is 0 Å². The molecular formula is C16H29N5. The minimum Gasteiger partial charge on any atom is -0.354 e. The minimum absolute atomic E-state index is 0.818. The highest BCUT2D eigenvalue weighted by Gasteiger charge is 2.20. The van der Waals surface area contributed by atoms with Crippen LogP contribution in [0.2, 0.25) is 0 Å².